The molecule has 0 bridgehead atoms. The van der Waals surface area contributed by atoms with Crippen molar-refractivity contribution in [1.82, 2.24) is 0 Å². The van der Waals surface area contributed by atoms with Gasteiger partial charge in [-0.05, 0) is 218 Å². The summed E-state index contributed by atoms with van der Waals surface area (Å²) in [6, 6.07) is 77.7. The Kier molecular flexibility index (Phi) is 13.7. The van der Waals surface area contributed by atoms with Crippen molar-refractivity contribution in [3.05, 3.63) is 240 Å². The van der Waals surface area contributed by atoms with Crippen LogP contribution in [-0.2, 0) is 10.8 Å². The van der Waals surface area contributed by atoms with E-state index in [1.165, 1.54) is 94.0 Å². The highest BCUT2D eigenvalue weighted by atomic mass is 15.1. The number of anilines is 6. The SMILES string of the molecule is CCC(C)(CC)c1cccc(N(c2ccc(C)cc2)c2ccc(-c3ccc4ccc(C)c(-c5c(C)ccc6ccc(-c7ccc(N(c8ccc(C(C)C)cc8)c8cccc(C(C)(C)C)c8)cc7)cc56)c4c3)cc2)c1. The normalized spacial score (nSPS) is 11.9. The van der Waals surface area contributed by atoms with Crippen LogP contribution >= 0.6 is 0 Å². The topological polar surface area (TPSA) is 6.48 Å². The zero-order chi connectivity index (χ0) is 51.9. The third kappa shape index (κ3) is 9.79. The molecule has 370 valence electrons. The van der Waals surface area contributed by atoms with Crippen LogP contribution in [0.5, 0.6) is 0 Å². The first kappa shape index (κ1) is 49.9. The monoisotopic (exact) mass is 965 g/mol. The number of hydrogen-bond acceptors (Lipinski definition) is 2. The molecule has 74 heavy (non-hydrogen) atoms. The minimum absolute atomic E-state index is 0.0325. The molecule has 0 heterocycles. The van der Waals surface area contributed by atoms with Gasteiger partial charge in [-0.15, -0.1) is 0 Å². The van der Waals surface area contributed by atoms with Gasteiger partial charge in [0, 0.05) is 34.1 Å². The minimum Gasteiger partial charge on any atom is -0.310 e. The van der Waals surface area contributed by atoms with E-state index in [4.69, 9.17) is 0 Å². The van der Waals surface area contributed by atoms with Gasteiger partial charge in [-0.3, -0.25) is 0 Å². The lowest BCUT2D eigenvalue weighted by Gasteiger charge is -2.31. The summed E-state index contributed by atoms with van der Waals surface area (Å²) in [6.07, 6.45) is 2.19. The van der Waals surface area contributed by atoms with Gasteiger partial charge in [0.2, 0.25) is 0 Å². The minimum atomic E-state index is 0.0325. The molecule has 0 spiro atoms. The Labute approximate surface area is 442 Å². The zero-order valence-corrected chi connectivity index (χ0v) is 45.5. The summed E-state index contributed by atoms with van der Waals surface area (Å²) in [7, 11) is 0. The maximum Gasteiger partial charge on any atom is 0.0464 e. The van der Waals surface area contributed by atoms with Gasteiger partial charge in [0.15, 0.2) is 0 Å². The van der Waals surface area contributed by atoms with Gasteiger partial charge in [-0.1, -0.05) is 182 Å². The van der Waals surface area contributed by atoms with Crippen molar-refractivity contribution in [2.75, 3.05) is 9.80 Å². The van der Waals surface area contributed by atoms with Gasteiger partial charge < -0.3 is 9.80 Å². The molecule has 2 nitrogen and oxygen atoms in total. The van der Waals surface area contributed by atoms with E-state index in [1.807, 2.05) is 0 Å². The standard InChI is InChI=1S/C72H72N2/c1-12-72(11,13-2)60-17-15-19-66(47-60)73(61-36-20-49(5)21-37-61)63-40-32-53(33-41-63)57-28-26-55-24-22-50(6)69(67(55)44-57)70-51(7)23-25-56-27-29-58(45-68(56)70)54-34-42-64(43-35-54)74(62-38-30-52(31-39-62)48(3)4)65-18-14-16-59(46-65)71(8,9)10/h14-48H,12-13H2,1-11H3. The van der Waals surface area contributed by atoms with Gasteiger partial charge in [0.1, 0.15) is 0 Å². The van der Waals surface area contributed by atoms with Crippen LogP contribution in [0.15, 0.2) is 206 Å². The van der Waals surface area contributed by atoms with E-state index in [9.17, 15) is 0 Å². The molecule has 0 amide bonds. The summed E-state index contributed by atoms with van der Waals surface area (Å²) in [5.74, 6) is 0.470. The van der Waals surface area contributed by atoms with Crippen molar-refractivity contribution in [3.63, 3.8) is 0 Å². The first-order valence-corrected chi connectivity index (χ1v) is 26.9. The highest BCUT2D eigenvalue weighted by Crippen LogP contribution is 2.44. The van der Waals surface area contributed by atoms with E-state index in [2.05, 4.69) is 292 Å². The second kappa shape index (κ2) is 20.3. The van der Waals surface area contributed by atoms with Crippen LogP contribution in [0.1, 0.15) is 108 Å². The van der Waals surface area contributed by atoms with E-state index < -0.39 is 0 Å². The van der Waals surface area contributed by atoms with E-state index in [0.29, 0.717) is 5.92 Å². The summed E-state index contributed by atoms with van der Waals surface area (Å²) in [4.78, 5) is 4.80. The molecule has 0 aliphatic heterocycles. The fourth-order valence-electron chi connectivity index (χ4n) is 10.9. The number of nitrogens with zero attached hydrogens (tertiary/aromatic N) is 2. The van der Waals surface area contributed by atoms with E-state index in [1.54, 1.807) is 0 Å². The van der Waals surface area contributed by atoms with E-state index >= 15 is 0 Å². The molecule has 0 N–H and O–H groups in total. The second-order valence-corrected chi connectivity index (χ2v) is 22.4. The highest BCUT2D eigenvalue weighted by Gasteiger charge is 2.25. The molecular formula is C72H72N2. The maximum absolute atomic E-state index is 2.42. The van der Waals surface area contributed by atoms with Crippen LogP contribution in [0.2, 0.25) is 0 Å². The third-order valence-corrected chi connectivity index (χ3v) is 16.1. The van der Waals surface area contributed by atoms with E-state index in [-0.39, 0.29) is 10.8 Å². The molecule has 0 saturated carbocycles. The fraction of sp³-hybridized carbons (Fsp3) is 0.222. The zero-order valence-electron chi connectivity index (χ0n) is 45.5. The van der Waals surface area contributed by atoms with Gasteiger partial charge in [-0.25, -0.2) is 0 Å². The maximum atomic E-state index is 2.42. The lowest BCUT2D eigenvalue weighted by Crippen LogP contribution is -2.20. The molecule has 0 atom stereocenters. The highest BCUT2D eigenvalue weighted by molar-refractivity contribution is 6.09. The molecular weight excluding hydrogens is 893 g/mol. The van der Waals surface area contributed by atoms with Crippen LogP contribution < -0.4 is 9.80 Å². The summed E-state index contributed by atoms with van der Waals surface area (Å²) < 4.78 is 0. The Morgan fingerprint density at radius 3 is 1.18 bits per heavy atom. The number of hydrogen-bond donors (Lipinski definition) is 0. The van der Waals surface area contributed by atoms with Crippen molar-refractivity contribution >= 4 is 55.7 Å². The van der Waals surface area contributed by atoms with Crippen LogP contribution in [0.3, 0.4) is 0 Å². The van der Waals surface area contributed by atoms with Crippen molar-refractivity contribution in [1.29, 1.82) is 0 Å². The first-order valence-electron chi connectivity index (χ1n) is 26.9. The molecule has 0 radical (unpaired) electrons. The van der Waals surface area contributed by atoms with Crippen molar-refractivity contribution < 1.29 is 0 Å². The lowest BCUT2D eigenvalue weighted by molar-refractivity contribution is 0.439. The fourth-order valence-corrected chi connectivity index (χ4v) is 10.9. The smallest absolute Gasteiger partial charge is 0.0464 e. The van der Waals surface area contributed by atoms with Gasteiger partial charge >= 0.3 is 0 Å². The van der Waals surface area contributed by atoms with Crippen LogP contribution in [0.4, 0.5) is 34.1 Å². The quantitative estimate of drug-likeness (QED) is 0.114. The van der Waals surface area contributed by atoms with Gasteiger partial charge in [0.05, 0.1) is 0 Å². The number of rotatable bonds is 13. The van der Waals surface area contributed by atoms with E-state index in [0.717, 1.165) is 41.3 Å². The van der Waals surface area contributed by atoms with Crippen molar-refractivity contribution in [2.45, 2.75) is 106 Å². The molecule has 0 aromatic heterocycles. The summed E-state index contributed by atoms with van der Waals surface area (Å²) in [5.41, 5.74) is 22.3. The number of fused-ring (bicyclic) bond motifs is 2. The summed E-state index contributed by atoms with van der Waals surface area (Å²) in [5, 5.41) is 5.01. The van der Waals surface area contributed by atoms with Crippen LogP contribution in [-0.4, -0.2) is 0 Å². The van der Waals surface area contributed by atoms with Gasteiger partial charge in [0.25, 0.3) is 0 Å². The predicted octanol–water partition coefficient (Wildman–Crippen LogP) is 21.4. The molecule has 10 aromatic carbocycles. The Bertz CT molecular complexity index is 3600. The number of aryl methyl sites for hydroxylation is 3. The first-order chi connectivity index (χ1) is 35.6. The van der Waals surface area contributed by atoms with Gasteiger partial charge in [-0.2, -0.15) is 0 Å². The second-order valence-electron chi connectivity index (χ2n) is 22.4. The summed E-state index contributed by atoms with van der Waals surface area (Å²) in [6.45, 7) is 25.1. The molecule has 0 fully saturated rings. The molecule has 0 saturated heterocycles. The Morgan fingerprint density at radius 1 is 0.378 bits per heavy atom. The van der Waals surface area contributed by atoms with Crippen LogP contribution in [0.25, 0.3) is 54.9 Å². The van der Waals surface area contributed by atoms with Crippen molar-refractivity contribution in [2.24, 2.45) is 0 Å². The molecule has 10 rings (SSSR count). The third-order valence-electron chi connectivity index (χ3n) is 16.1. The average molecular weight is 965 g/mol. The van der Waals surface area contributed by atoms with Crippen molar-refractivity contribution in [3.8, 4) is 33.4 Å². The largest absolute Gasteiger partial charge is 0.310 e. The molecule has 0 aliphatic carbocycles. The Morgan fingerprint density at radius 2 is 0.757 bits per heavy atom. The van der Waals surface area contributed by atoms with Crippen LogP contribution in [0, 0.1) is 20.8 Å². The molecule has 2 heteroatoms. The molecule has 10 aromatic rings. The molecule has 0 aliphatic rings. The Balaban J connectivity index is 1.02. The lowest BCUT2D eigenvalue weighted by atomic mass is 9.78. The Hall–Kier alpha value is -7.68. The predicted molar refractivity (Wildman–Crippen MR) is 322 cm³/mol. The average Bonchev–Trinajstić information content (AvgIpc) is 3.42. The summed E-state index contributed by atoms with van der Waals surface area (Å²) >= 11 is 0. The molecule has 0 unspecified atom stereocenters. The number of benzene rings is 10.